The molecule has 0 spiro atoms. The molecule has 3 aliphatic rings. The van der Waals surface area contributed by atoms with E-state index in [0.717, 1.165) is 48.3 Å². The lowest BCUT2D eigenvalue weighted by atomic mass is 9.78. The molecule has 1 atom stereocenters. The average Bonchev–Trinajstić information content (AvgIpc) is 3.07. The summed E-state index contributed by atoms with van der Waals surface area (Å²) in [6.45, 7) is 10.9. The zero-order valence-corrected chi connectivity index (χ0v) is 21.2. The Kier molecular flexibility index (Phi) is 5.64. The molecular formula is C27H35N4OP. The van der Waals surface area contributed by atoms with Crippen molar-refractivity contribution < 1.29 is 4.57 Å². The zero-order valence-electron chi connectivity index (χ0n) is 20.3. The maximum atomic E-state index is 15.2. The molecule has 1 N–H and O–H groups in total. The van der Waals surface area contributed by atoms with Gasteiger partial charge in [0.15, 0.2) is 0 Å². The Balaban J connectivity index is 1.68. The first kappa shape index (κ1) is 22.3. The number of hydrogen-bond donors (Lipinski definition) is 1. The summed E-state index contributed by atoms with van der Waals surface area (Å²) in [6.07, 6.45) is 5.43. The number of para-hydroxylation sites is 1. The minimum Gasteiger partial charge on any atom is -0.374 e. The number of rotatable bonds is 4. The van der Waals surface area contributed by atoms with Crippen LogP contribution in [0.4, 0.5) is 11.4 Å². The van der Waals surface area contributed by atoms with Crippen LogP contribution in [0, 0.1) is 19.3 Å². The highest BCUT2D eigenvalue weighted by Gasteiger charge is 2.50. The first-order chi connectivity index (χ1) is 15.8. The molecule has 0 saturated carbocycles. The second kappa shape index (κ2) is 8.36. The molecule has 174 valence electrons. The van der Waals surface area contributed by atoms with Crippen LogP contribution in [-0.2, 0) is 4.57 Å². The molecule has 6 heteroatoms. The molecule has 1 fully saturated rings. The third kappa shape index (κ3) is 4.12. The number of nitrogens with zero attached hydrogens (tertiary/aromatic N) is 3. The van der Waals surface area contributed by atoms with E-state index < -0.39 is 7.44 Å². The van der Waals surface area contributed by atoms with Crippen LogP contribution >= 0.6 is 7.44 Å². The van der Waals surface area contributed by atoms with Crippen LogP contribution in [-0.4, -0.2) is 23.7 Å². The van der Waals surface area contributed by atoms with Crippen LogP contribution in [0.1, 0.15) is 57.1 Å². The van der Waals surface area contributed by atoms with Crippen molar-refractivity contribution in [1.82, 2.24) is 4.90 Å². The topological polar surface area (TPSA) is 47.9 Å². The highest BCUT2D eigenvalue weighted by atomic mass is 31.2. The fraction of sp³-hybridized carbons (Fsp3) is 0.444. The van der Waals surface area contributed by atoms with E-state index in [1.54, 1.807) is 4.78 Å². The smallest absolute Gasteiger partial charge is 0.313 e. The predicted molar refractivity (Wildman–Crippen MR) is 139 cm³/mol. The second-order valence-corrected chi connectivity index (χ2v) is 12.7. The number of aryl methyl sites for hydroxylation is 2. The van der Waals surface area contributed by atoms with Gasteiger partial charge in [0, 0.05) is 24.5 Å². The maximum absolute atomic E-state index is 15.2. The van der Waals surface area contributed by atoms with Crippen molar-refractivity contribution in [1.29, 1.82) is 0 Å². The summed E-state index contributed by atoms with van der Waals surface area (Å²) in [5, 5.41) is 9.51. The number of hydrogen-bond acceptors (Lipinski definition) is 3. The van der Waals surface area contributed by atoms with Gasteiger partial charge in [0.2, 0.25) is 0 Å². The van der Waals surface area contributed by atoms with Gasteiger partial charge < -0.3 is 9.99 Å². The van der Waals surface area contributed by atoms with Crippen molar-refractivity contribution in [3.63, 3.8) is 0 Å². The summed E-state index contributed by atoms with van der Waals surface area (Å²) in [7, 11) is -3.25. The van der Waals surface area contributed by atoms with Gasteiger partial charge >= 0.3 is 7.44 Å². The van der Waals surface area contributed by atoms with E-state index in [-0.39, 0.29) is 5.41 Å². The first-order valence-corrected chi connectivity index (χ1v) is 13.8. The summed E-state index contributed by atoms with van der Waals surface area (Å²) in [6, 6.07) is 16.2. The number of likely N-dealkylation sites (tertiary alicyclic amines) is 1. The lowest BCUT2D eigenvalue weighted by Gasteiger charge is -2.40. The molecule has 2 aliphatic heterocycles. The Bertz CT molecular complexity index is 1160. The molecular weight excluding hydrogens is 427 g/mol. The molecule has 0 aromatic heterocycles. The second-order valence-electron chi connectivity index (χ2n) is 10.5. The van der Waals surface area contributed by atoms with E-state index in [0.29, 0.717) is 0 Å². The van der Waals surface area contributed by atoms with Gasteiger partial charge in [0.05, 0.1) is 16.7 Å². The minimum atomic E-state index is -3.25. The predicted octanol–water partition coefficient (Wildman–Crippen LogP) is 7.30. The first-order valence-electron chi connectivity index (χ1n) is 12.1. The Hall–Kier alpha value is -2.52. The third-order valence-electron chi connectivity index (χ3n) is 7.14. The van der Waals surface area contributed by atoms with Crippen LogP contribution < -0.4 is 9.87 Å². The molecule has 5 nitrogen and oxygen atoms in total. The molecule has 2 aromatic rings. The van der Waals surface area contributed by atoms with Crippen LogP contribution in [0.3, 0.4) is 0 Å². The summed E-state index contributed by atoms with van der Waals surface area (Å²) >= 11 is 0. The van der Waals surface area contributed by atoms with Crippen molar-refractivity contribution in [3.05, 3.63) is 70.7 Å². The van der Waals surface area contributed by atoms with Crippen LogP contribution in [0.15, 0.2) is 64.6 Å². The van der Waals surface area contributed by atoms with Crippen molar-refractivity contribution in [3.8, 4) is 0 Å². The van der Waals surface area contributed by atoms with Gasteiger partial charge in [-0.3, -0.25) is 4.57 Å². The standard InChI is InChI=1S/C27H35N4OP/c1-20-13-14-22(17-21(20)2)29-33(32)26-24(28-31(33)23-11-7-5-8-12-23)18-27(3,4)19-25(26)30-15-9-6-10-16-30/h5,7-8,11-14,17H,6,9-10,15-16,18-19H2,1-4H3,(H,29,32). The Morgan fingerprint density at radius 1 is 0.939 bits per heavy atom. The van der Waals surface area contributed by atoms with Crippen molar-refractivity contribution in [2.75, 3.05) is 23.0 Å². The molecule has 0 amide bonds. The number of hydrazone groups is 1. The fourth-order valence-electron chi connectivity index (χ4n) is 5.30. The zero-order chi connectivity index (χ0) is 23.2. The van der Waals surface area contributed by atoms with Gasteiger partial charge in [-0.1, -0.05) is 38.1 Å². The molecule has 33 heavy (non-hydrogen) atoms. The summed E-state index contributed by atoms with van der Waals surface area (Å²) in [5.74, 6) is 0. The quantitative estimate of drug-likeness (QED) is 0.484. The number of allylic oxidation sites excluding steroid dienone is 2. The largest absolute Gasteiger partial charge is 0.374 e. The number of nitrogens with one attached hydrogen (secondary N) is 1. The highest BCUT2D eigenvalue weighted by Crippen LogP contribution is 2.66. The van der Waals surface area contributed by atoms with Crippen molar-refractivity contribution in [2.24, 2.45) is 10.5 Å². The number of benzene rings is 2. The normalized spacial score (nSPS) is 24.5. The minimum absolute atomic E-state index is 0.0904. The Morgan fingerprint density at radius 3 is 2.36 bits per heavy atom. The van der Waals surface area contributed by atoms with Gasteiger partial charge in [0.25, 0.3) is 0 Å². The highest BCUT2D eigenvalue weighted by molar-refractivity contribution is 7.73. The summed E-state index contributed by atoms with van der Waals surface area (Å²) in [5.41, 5.74) is 6.48. The Labute approximate surface area is 198 Å². The summed E-state index contributed by atoms with van der Waals surface area (Å²) in [4.78, 5) is 2.50. The van der Waals surface area contributed by atoms with Crippen molar-refractivity contribution >= 4 is 24.5 Å². The van der Waals surface area contributed by atoms with E-state index in [9.17, 15) is 0 Å². The van der Waals surface area contributed by atoms with Gasteiger partial charge in [-0.15, -0.1) is 0 Å². The molecule has 2 heterocycles. The number of fused-ring (bicyclic) bond motifs is 1. The molecule has 0 bridgehead atoms. The van der Waals surface area contributed by atoms with E-state index in [2.05, 4.69) is 49.8 Å². The van der Waals surface area contributed by atoms with E-state index in [1.807, 2.05) is 36.4 Å². The summed E-state index contributed by atoms with van der Waals surface area (Å²) < 4.78 is 16.9. The van der Waals surface area contributed by atoms with Gasteiger partial charge in [-0.05, 0) is 86.8 Å². The molecule has 0 radical (unpaired) electrons. The van der Waals surface area contributed by atoms with E-state index >= 15 is 4.57 Å². The Morgan fingerprint density at radius 2 is 1.67 bits per heavy atom. The number of piperidine rings is 1. The van der Waals surface area contributed by atoms with E-state index in [1.165, 1.54) is 36.1 Å². The lowest BCUT2D eigenvalue weighted by Crippen LogP contribution is -2.36. The van der Waals surface area contributed by atoms with Crippen LogP contribution in [0.25, 0.3) is 0 Å². The van der Waals surface area contributed by atoms with Crippen LogP contribution in [0.5, 0.6) is 0 Å². The monoisotopic (exact) mass is 462 g/mol. The molecule has 5 rings (SSSR count). The number of anilines is 2. The van der Waals surface area contributed by atoms with E-state index in [4.69, 9.17) is 5.10 Å². The molecule has 2 aromatic carbocycles. The molecule has 1 unspecified atom stereocenters. The maximum Gasteiger partial charge on any atom is 0.313 e. The SMILES string of the molecule is Cc1ccc(NP2(=O)C3=C(N4CCCCC4)CC(C)(C)CC3=NN2c2ccccc2)cc1C. The molecule has 1 aliphatic carbocycles. The van der Waals surface area contributed by atoms with Crippen molar-refractivity contribution in [2.45, 2.75) is 59.8 Å². The average molecular weight is 463 g/mol. The fourth-order valence-corrected chi connectivity index (χ4v) is 7.93. The third-order valence-corrected chi connectivity index (χ3v) is 9.67. The van der Waals surface area contributed by atoms with Crippen LogP contribution in [0.2, 0.25) is 0 Å². The lowest BCUT2D eigenvalue weighted by molar-refractivity contribution is 0.240. The van der Waals surface area contributed by atoms with Gasteiger partial charge in [0.1, 0.15) is 0 Å². The molecule has 1 saturated heterocycles. The van der Waals surface area contributed by atoms with Gasteiger partial charge in [-0.25, -0.2) is 0 Å². The van der Waals surface area contributed by atoms with Gasteiger partial charge in [-0.2, -0.15) is 9.88 Å².